The molecule has 1 atom stereocenters. The van der Waals surface area contributed by atoms with Gasteiger partial charge in [-0.2, -0.15) is 0 Å². The standard InChI is InChI=1S/C10H13BrClNO2S/c1-8(13-16(14,15)7-6-12)9-4-2-3-5-10(9)11/h2-5,8,13H,6-7H2,1H3/t8-/m1/s1. The maximum absolute atomic E-state index is 11.5. The number of rotatable bonds is 5. The van der Waals surface area contributed by atoms with Crippen LogP contribution in [0.15, 0.2) is 28.7 Å². The van der Waals surface area contributed by atoms with Crippen molar-refractivity contribution in [3.05, 3.63) is 34.3 Å². The lowest BCUT2D eigenvalue weighted by Gasteiger charge is -2.15. The van der Waals surface area contributed by atoms with Crippen molar-refractivity contribution in [2.45, 2.75) is 13.0 Å². The molecule has 1 rings (SSSR count). The summed E-state index contributed by atoms with van der Waals surface area (Å²) in [4.78, 5) is 0. The van der Waals surface area contributed by atoms with Crippen LogP contribution in [-0.2, 0) is 10.0 Å². The monoisotopic (exact) mass is 325 g/mol. The number of halogens is 2. The van der Waals surface area contributed by atoms with Crippen LogP contribution in [0.3, 0.4) is 0 Å². The van der Waals surface area contributed by atoms with E-state index in [4.69, 9.17) is 11.6 Å². The molecule has 0 heterocycles. The largest absolute Gasteiger partial charge is 0.213 e. The summed E-state index contributed by atoms with van der Waals surface area (Å²) < 4.78 is 26.5. The van der Waals surface area contributed by atoms with E-state index < -0.39 is 10.0 Å². The highest BCUT2D eigenvalue weighted by molar-refractivity contribution is 9.10. The second-order valence-corrected chi connectivity index (χ2v) is 6.47. The van der Waals surface area contributed by atoms with Crippen molar-refractivity contribution in [3.8, 4) is 0 Å². The molecule has 0 spiro atoms. The van der Waals surface area contributed by atoms with Crippen molar-refractivity contribution in [3.63, 3.8) is 0 Å². The van der Waals surface area contributed by atoms with Gasteiger partial charge in [0.05, 0.1) is 5.75 Å². The first-order valence-electron chi connectivity index (χ1n) is 4.76. The molecule has 6 heteroatoms. The summed E-state index contributed by atoms with van der Waals surface area (Å²) in [5.41, 5.74) is 0.903. The molecule has 3 nitrogen and oxygen atoms in total. The molecule has 0 bridgehead atoms. The molecule has 0 unspecified atom stereocenters. The summed E-state index contributed by atoms with van der Waals surface area (Å²) in [6.45, 7) is 1.80. The summed E-state index contributed by atoms with van der Waals surface area (Å²) >= 11 is 8.80. The third-order valence-corrected chi connectivity index (χ3v) is 4.66. The molecule has 90 valence electrons. The molecular formula is C10H13BrClNO2S. The Morgan fingerprint density at radius 1 is 1.44 bits per heavy atom. The quantitative estimate of drug-likeness (QED) is 0.846. The van der Waals surface area contributed by atoms with Crippen LogP contribution in [0.1, 0.15) is 18.5 Å². The van der Waals surface area contributed by atoms with Crippen LogP contribution in [-0.4, -0.2) is 20.1 Å². The lowest BCUT2D eigenvalue weighted by molar-refractivity contribution is 0.568. The second kappa shape index (κ2) is 6.00. The molecule has 0 aliphatic heterocycles. The fourth-order valence-electron chi connectivity index (χ4n) is 1.32. The Kier molecular flexibility index (Phi) is 5.24. The number of nitrogens with one attached hydrogen (secondary N) is 1. The molecule has 0 aliphatic rings. The lowest BCUT2D eigenvalue weighted by atomic mass is 10.1. The van der Waals surface area contributed by atoms with Gasteiger partial charge in [0.1, 0.15) is 0 Å². The third kappa shape index (κ3) is 4.05. The number of alkyl halides is 1. The fourth-order valence-corrected chi connectivity index (χ4v) is 3.54. The maximum Gasteiger partial charge on any atom is 0.213 e. The molecule has 0 saturated heterocycles. The number of benzene rings is 1. The van der Waals surface area contributed by atoms with Gasteiger partial charge in [0.15, 0.2) is 0 Å². The van der Waals surface area contributed by atoms with E-state index in [0.29, 0.717) is 0 Å². The molecule has 0 radical (unpaired) electrons. The van der Waals surface area contributed by atoms with Crippen LogP contribution in [0.25, 0.3) is 0 Å². The van der Waals surface area contributed by atoms with E-state index in [1.165, 1.54) is 0 Å². The van der Waals surface area contributed by atoms with Gasteiger partial charge >= 0.3 is 0 Å². The number of hydrogen-bond donors (Lipinski definition) is 1. The van der Waals surface area contributed by atoms with E-state index in [1.54, 1.807) is 6.92 Å². The molecule has 0 fully saturated rings. The fraction of sp³-hybridized carbons (Fsp3) is 0.400. The highest BCUT2D eigenvalue weighted by Gasteiger charge is 2.16. The van der Waals surface area contributed by atoms with Gasteiger partial charge in [0, 0.05) is 16.4 Å². The predicted octanol–water partition coefficient (Wildman–Crippen LogP) is 2.67. The third-order valence-electron chi connectivity index (χ3n) is 2.07. The summed E-state index contributed by atoms with van der Waals surface area (Å²) in [5.74, 6) is 0.0291. The van der Waals surface area contributed by atoms with Crippen LogP contribution < -0.4 is 4.72 Å². The Morgan fingerprint density at radius 3 is 2.62 bits per heavy atom. The molecule has 1 N–H and O–H groups in total. The molecule has 16 heavy (non-hydrogen) atoms. The topological polar surface area (TPSA) is 46.2 Å². The SMILES string of the molecule is C[C@@H](NS(=O)(=O)CCCl)c1ccccc1Br. The minimum absolute atomic E-state index is 0.0661. The Hall–Kier alpha value is -0.100. The first kappa shape index (κ1) is 14.0. The smallest absolute Gasteiger partial charge is 0.212 e. The van der Waals surface area contributed by atoms with E-state index in [2.05, 4.69) is 20.7 Å². The zero-order valence-corrected chi connectivity index (χ0v) is 11.9. The second-order valence-electron chi connectivity index (χ2n) is 3.37. The number of hydrogen-bond acceptors (Lipinski definition) is 2. The average Bonchev–Trinajstić information content (AvgIpc) is 2.17. The Morgan fingerprint density at radius 2 is 2.06 bits per heavy atom. The van der Waals surface area contributed by atoms with E-state index in [0.717, 1.165) is 10.0 Å². The van der Waals surface area contributed by atoms with Gasteiger partial charge in [-0.1, -0.05) is 34.1 Å². The first-order valence-corrected chi connectivity index (χ1v) is 7.74. The van der Waals surface area contributed by atoms with Gasteiger partial charge in [-0.3, -0.25) is 0 Å². The molecule has 0 saturated carbocycles. The summed E-state index contributed by atoms with van der Waals surface area (Å²) in [7, 11) is -3.30. The van der Waals surface area contributed by atoms with Gasteiger partial charge < -0.3 is 0 Å². The molecule has 0 aromatic heterocycles. The Balaban J connectivity index is 2.81. The zero-order valence-electron chi connectivity index (χ0n) is 8.78. The van der Waals surface area contributed by atoms with Crippen molar-refractivity contribution in [2.75, 3.05) is 11.6 Å². The van der Waals surface area contributed by atoms with Crippen LogP contribution >= 0.6 is 27.5 Å². The minimum atomic E-state index is -3.30. The zero-order chi connectivity index (χ0) is 12.2. The van der Waals surface area contributed by atoms with Crippen molar-refractivity contribution in [2.24, 2.45) is 0 Å². The van der Waals surface area contributed by atoms with Crippen molar-refractivity contribution < 1.29 is 8.42 Å². The molecule has 0 amide bonds. The van der Waals surface area contributed by atoms with Gasteiger partial charge in [0.25, 0.3) is 0 Å². The molecule has 1 aromatic carbocycles. The van der Waals surface area contributed by atoms with Crippen LogP contribution in [0, 0.1) is 0 Å². The normalized spacial score (nSPS) is 13.7. The predicted molar refractivity (Wildman–Crippen MR) is 70.2 cm³/mol. The average molecular weight is 327 g/mol. The van der Waals surface area contributed by atoms with E-state index in [9.17, 15) is 8.42 Å². The van der Waals surface area contributed by atoms with E-state index in [-0.39, 0.29) is 17.7 Å². The summed E-state index contributed by atoms with van der Waals surface area (Å²) in [6, 6.07) is 7.23. The lowest BCUT2D eigenvalue weighted by Crippen LogP contribution is -2.29. The Labute approximate surface area is 109 Å². The van der Waals surface area contributed by atoms with Gasteiger partial charge in [-0.15, -0.1) is 11.6 Å². The highest BCUT2D eigenvalue weighted by Crippen LogP contribution is 2.23. The minimum Gasteiger partial charge on any atom is -0.212 e. The summed E-state index contributed by atoms with van der Waals surface area (Å²) in [6.07, 6.45) is 0. The van der Waals surface area contributed by atoms with Crippen molar-refractivity contribution in [1.29, 1.82) is 0 Å². The van der Waals surface area contributed by atoms with Gasteiger partial charge in [-0.25, -0.2) is 13.1 Å². The maximum atomic E-state index is 11.5. The molecule has 1 aromatic rings. The Bertz CT molecular complexity index is 450. The van der Waals surface area contributed by atoms with Crippen LogP contribution in [0.4, 0.5) is 0 Å². The summed E-state index contributed by atoms with van der Waals surface area (Å²) in [5, 5.41) is 0. The van der Waals surface area contributed by atoms with Gasteiger partial charge in [-0.05, 0) is 18.6 Å². The van der Waals surface area contributed by atoms with Crippen LogP contribution in [0.2, 0.25) is 0 Å². The van der Waals surface area contributed by atoms with Crippen molar-refractivity contribution >= 4 is 37.6 Å². The molecule has 0 aliphatic carbocycles. The van der Waals surface area contributed by atoms with Gasteiger partial charge in [0.2, 0.25) is 10.0 Å². The molecular weight excluding hydrogens is 314 g/mol. The van der Waals surface area contributed by atoms with Crippen molar-refractivity contribution in [1.82, 2.24) is 4.72 Å². The van der Waals surface area contributed by atoms with Crippen LogP contribution in [0.5, 0.6) is 0 Å². The van der Waals surface area contributed by atoms with E-state index in [1.807, 2.05) is 24.3 Å². The first-order chi connectivity index (χ1) is 7.46. The number of sulfonamides is 1. The highest BCUT2D eigenvalue weighted by atomic mass is 79.9. The van der Waals surface area contributed by atoms with E-state index >= 15 is 0 Å².